The van der Waals surface area contributed by atoms with Gasteiger partial charge in [-0.15, -0.1) is 0 Å². The fraction of sp³-hybridized carbons (Fsp3) is 0.375. The number of aliphatic hydroxyl groups is 1. The fourth-order valence-corrected chi connectivity index (χ4v) is 0.804. The smallest absolute Gasteiger partial charge is 0.0776 e. The summed E-state index contributed by atoms with van der Waals surface area (Å²) in [6.07, 6.45) is 1.20. The van der Waals surface area contributed by atoms with Crippen molar-refractivity contribution in [1.29, 1.82) is 0 Å². The Morgan fingerprint density at radius 1 is 1.64 bits per heavy atom. The Bertz CT molecular complexity index is 218. The number of hydrogen-bond donors (Lipinski definition) is 2. The minimum absolute atomic E-state index is 0.445. The molecule has 0 bridgehead atoms. The zero-order valence-corrected chi connectivity index (χ0v) is 6.49. The lowest BCUT2D eigenvalue weighted by Crippen LogP contribution is -2.00. The predicted molar refractivity (Wildman–Crippen MR) is 42.8 cm³/mol. The first-order valence-electron chi connectivity index (χ1n) is 3.57. The van der Waals surface area contributed by atoms with Crippen molar-refractivity contribution in [3.63, 3.8) is 0 Å². The van der Waals surface area contributed by atoms with Crippen LogP contribution >= 0.6 is 0 Å². The van der Waals surface area contributed by atoms with Gasteiger partial charge in [0, 0.05) is 12.7 Å². The molecule has 0 spiro atoms. The lowest BCUT2D eigenvalue weighted by Gasteiger charge is -2.03. The van der Waals surface area contributed by atoms with Crippen LogP contribution in [-0.4, -0.2) is 10.1 Å². The van der Waals surface area contributed by atoms with Crippen LogP contribution in [-0.2, 0) is 6.54 Å². The number of aliphatic hydroxyl groups excluding tert-OH is 1. The van der Waals surface area contributed by atoms with Gasteiger partial charge in [0.2, 0.25) is 0 Å². The molecule has 0 amide bonds. The van der Waals surface area contributed by atoms with Crippen LogP contribution in [0.2, 0.25) is 0 Å². The third-order valence-electron chi connectivity index (χ3n) is 1.54. The van der Waals surface area contributed by atoms with Crippen LogP contribution in [0.25, 0.3) is 0 Å². The Balaban J connectivity index is 2.83. The second-order valence-corrected chi connectivity index (χ2v) is 2.46. The quantitative estimate of drug-likeness (QED) is 0.652. The Kier molecular flexibility index (Phi) is 2.57. The summed E-state index contributed by atoms with van der Waals surface area (Å²) in [5.41, 5.74) is 7.01. The van der Waals surface area contributed by atoms with Gasteiger partial charge in [-0.05, 0) is 18.6 Å². The molecule has 1 atom stereocenters. The van der Waals surface area contributed by atoms with Gasteiger partial charge in [-0.3, -0.25) is 4.98 Å². The molecule has 60 valence electrons. The molecule has 1 unspecified atom stereocenters. The first kappa shape index (κ1) is 8.17. The third kappa shape index (κ3) is 2.00. The second-order valence-electron chi connectivity index (χ2n) is 2.46. The van der Waals surface area contributed by atoms with Gasteiger partial charge in [-0.25, -0.2) is 0 Å². The van der Waals surface area contributed by atoms with Gasteiger partial charge in [0.1, 0.15) is 0 Å². The van der Waals surface area contributed by atoms with E-state index in [4.69, 9.17) is 10.8 Å². The first-order valence-corrected chi connectivity index (χ1v) is 3.57. The average molecular weight is 152 g/mol. The monoisotopic (exact) mass is 152 g/mol. The summed E-state index contributed by atoms with van der Waals surface area (Å²) in [5, 5.41) is 9.12. The number of hydrogen-bond acceptors (Lipinski definition) is 3. The van der Waals surface area contributed by atoms with E-state index in [1.807, 2.05) is 12.1 Å². The summed E-state index contributed by atoms with van der Waals surface area (Å²) in [4.78, 5) is 4.03. The molecular formula is C8H12N2O. The topological polar surface area (TPSA) is 59.1 Å². The average Bonchev–Trinajstić information content (AvgIpc) is 2.05. The summed E-state index contributed by atoms with van der Waals surface area (Å²) in [5.74, 6) is 0. The van der Waals surface area contributed by atoms with E-state index >= 15 is 0 Å². The number of aromatic nitrogens is 1. The van der Waals surface area contributed by atoms with Gasteiger partial charge in [0.15, 0.2) is 0 Å². The van der Waals surface area contributed by atoms with Crippen LogP contribution in [0.5, 0.6) is 0 Å². The highest BCUT2D eigenvalue weighted by atomic mass is 16.3. The van der Waals surface area contributed by atoms with Crippen molar-refractivity contribution < 1.29 is 5.11 Å². The van der Waals surface area contributed by atoms with Gasteiger partial charge in [0.05, 0.1) is 11.8 Å². The Morgan fingerprint density at radius 2 is 2.36 bits per heavy atom. The summed E-state index contributed by atoms with van der Waals surface area (Å²) < 4.78 is 0. The van der Waals surface area contributed by atoms with E-state index < -0.39 is 6.10 Å². The van der Waals surface area contributed by atoms with E-state index in [0.29, 0.717) is 6.54 Å². The van der Waals surface area contributed by atoms with Crippen molar-refractivity contribution >= 4 is 0 Å². The van der Waals surface area contributed by atoms with E-state index in [9.17, 15) is 0 Å². The molecule has 3 heteroatoms. The van der Waals surface area contributed by atoms with Gasteiger partial charge in [-0.1, -0.05) is 6.07 Å². The minimum atomic E-state index is -0.450. The maximum atomic E-state index is 9.12. The number of nitrogens with zero attached hydrogens (tertiary/aromatic N) is 1. The highest BCUT2D eigenvalue weighted by molar-refractivity contribution is 5.15. The lowest BCUT2D eigenvalue weighted by molar-refractivity contribution is 0.199. The number of rotatable bonds is 2. The van der Waals surface area contributed by atoms with Gasteiger partial charge < -0.3 is 10.8 Å². The van der Waals surface area contributed by atoms with Crippen LogP contribution in [0, 0.1) is 0 Å². The molecule has 11 heavy (non-hydrogen) atoms. The van der Waals surface area contributed by atoms with Gasteiger partial charge >= 0.3 is 0 Å². The Hall–Kier alpha value is -0.930. The molecule has 0 aromatic carbocycles. The molecule has 0 aliphatic carbocycles. The van der Waals surface area contributed by atoms with Crippen molar-refractivity contribution in [3.8, 4) is 0 Å². The fourth-order valence-electron chi connectivity index (χ4n) is 0.804. The molecule has 0 saturated carbocycles. The summed E-state index contributed by atoms with van der Waals surface area (Å²) in [6.45, 7) is 2.15. The minimum Gasteiger partial charge on any atom is -0.389 e. The van der Waals surface area contributed by atoms with Crippen molar-refractivity contribution in [2.24, 2.45) is 5.73 Å². The van der Waals surface area contributed by atoms with Gasteiger partial charge in [-0.2, -0.15) is 0 Å². The van der Waals surface area contributed by atoms with Crippen molar-refractivity contribution in [1.82, 2.24) is 4.98 Å². The van der Waals surface area contributed by atoms with Gasteiger partial charge in [0.25, 0.3) is 0 Å². The normalized spacial score (nSPS) is 13.0. The van der Waals surface area contributed by atoms with E-state index in [1.165, 1.54) is 0 Å². The van der Waals surface area contributed by atoms with Crippen LogP contribution in [0.1, 0.15) is 24.3 Å². The molecule has 1 heterocycles. The molecule has 1 aromatic heterocycles. The van der Waals surface area contributed by atoms with E-state index in [1.54, 1.807) is 13.1 Å². The summed E-state index contributed by atoms with van der Waals surface area (Å²) in [7, 11) is 0. The Morgan fingerprint density at radius 3 is 2.73 bits per heavy atom. The Labute approximate surface area is 65.9 Å². The van der Waals surface area contributed by atoms with Crippen LogP contribution < -0.4 is 5.73 Å². The molecule has 1 rings (SSSR count). The molecule has 0 radical (unpaired) electrons. The maximum absolute atomic E-state index is 9.12. The molecule has 3 N–H and O–H groups in total. The van der Waals surface area contributed by atoms with Crippen LogP contribution in [0.15, 0.2) is 18.3 Å². The molecule has 0 aliphatic rings. The molecule has 0 saturated heterocycles. The lowest BCUT2D eigenvalue weighted by atomic mass is 10.2. The molecular weight excluding hydrogens is 140 g/mol. The predicted octanol–water partition coefficient (Wildman–Crippen LogP) is 0.594. The second kappa shape index (κ2) is 3.46. The van der Waals surface area contributed by atoms with Crippen molar-refractivity contribution in [2.45, 2.75) is 19.6 Å². The van der Waals surface area contributed by atoms with E-state index in [2.05, 4.69) is 4.98 Å². The highest BCUT2D eigenvalue weighted by Gasteiger charge is 1.99. The van der Waals surface area contributed by atoms with E-state index in [-0.39, 0.29) is 0 Å². The van der Waals surface area contributed by atoms with Crippen LogP contribution in [0.4, 0.5) is 0 Å². The maximum Gasteiger partial charge on any atom is 0.0776 e. The zero-order chi connectivity index (χ0) is 8.27. The number of nitrogens with two attached hydrogens (primary N) is 1. The van der Waals surface area contributed by atoms with Crippen LogP contribution in [0.3, 0.4) is 0 Å². The largest absolute Gasteiger partial charge is 0.389 e. The number of pyridine rings is 1. The van der Waals surface area contributed by atoms with E-state index in [0.717, 1.165) is 11.3 Å². The molecule has 3 nitrogen and oxygen atoms in total. The summed E-state index contributed by atoms with van der Waals surface area (Å²) >= 11 is 0. The standard InChI is InChI=1S/C8H12N2O/c1-6(11)7-2-3-8(4-9)10-5-7/h2-3,5-6,11H,4,9H2,1H3. The molecule has 1 aromatic rings. The first-order chi connectivity index (χ1) is 5.24. The molecule has 0 aliphatic heterocycles. The van der Waals surface area contributed by atoms with Crippen molar-refractivity contribution in [2.75, 3.05) is 0 Å². The SMILES string of the molecule is CC(O)c1ccc(CN)nc1. The highest BCUT2D eigenvalue weighted by Crippen LogP contribution is 2.09. The zero-order valence-electron chi connectivity index (χ0n) is 6.49. The molecule has 0 fully saturated rings. The summed E-state index contributed by atoms with van der Waals surface area (Å²) in [6, 6.07) is 3.65. The van der Waals surface area contributed by atoms with Crippen molar-refractivity contribution in [3.05, 3.63) is 29.6 Å². The third-order valence-corrected chi connectivity index (χ3v) is 1.54.